The first-order chi connectivity index (χ1) is 8.48. The van der Waals surface area contributed by atoms with E-state index in [0.29, 0.717) is 18.2 Å². The van der Waals surface area contributed by atoms with E-state index in [4.69, 9.17) is 5.73 Å². The van der Waals surface area contributed by atoms with Gasteiger partial charge in [-0.25, -0.2) is 9.97 Å². The van der Waals surface area contributed by atoms with E-state index in [2.05, 4.69) is 29.1 Å². The highest BCUT2D eigenvalue weighted by molar-refractivity contribution is 5.54. The molecule has 0 aliphatic carbocycles. The second-order valence-corrected chi connectivity index (χ2v) is 4.85. The Balaban J connectivity index is 2.86. The van der Waals surface area contributed by atoms with Crippen molar-refractivity contribution in [1.82, 2.24) is 9.97 Å². The van der Waals surface area contributed by atoms with E-state index in [1.807, 2.05) is 13.8 Å². The predicted molar refractivity (Wildman–Crippen MR) is 74.5 cm³/mol. The molecule has 0 saturated heterocycles. The number of rotatable bonds is 6. The largest absolute Gasteiger partial charge is 0.396 e. The van der Waals surface area contributed by atoms with Crippen LogP contribution in [-0.4, -0.2) is 28.2 Å². The molecule has 18 heavy (non-hydrogen) atoms. The van der Waals surface area contributed by atoms with Gasteiger partial charge in [-0.2, -0.15) is 0 Å². The van der Waals surface area contributed by atoms with Gasteiger partial charge in [0.25, 0.3) is 0 Å². The molecule has 0 unspecified atom stereocenters. The van der Waals surface area contributed by atoms with Crippen molar-refractivity contribution in [3.63, 3.8) is 0 Å². The van der Waals surface area contributed by atoms with Gasteiger partial charge >= 0.3 is 0 Å². The van der Waals surface area contributed by atoms with E-state index >= 15 is 0 Å². The van der Waals surface area contributed by atoms with Crippen molar-refractivity contribution in [3.05, 3.63) is 11.4 Å². The minimum absolute atomic E-state index is 0.0972. The Labute approximate surface area is 109 Å². The van der Waals surface area contributed by atoms with Crippen LogP contribution in [0, 0.1) is 19.3 Å². The van der Waals surface area contributed by atoms with E-state index in [1.165, 1.54) is 0 Å². The molecular weight excluding hydrogens is 228 g/mol. The summed E-state index contributed by atoms with van der Waals surface area (Å²) in [5.74, 6) is 1.93. The van der Waals surface area contributed by atoms with Crippen LogP contribution in [0.15, 0.2) is 0 Å². The van der Waals surface area contributed by atoms with Crippen LogP contribution in [-0.2, 0) is 0 Å². The lowest BCUT2D eigenvalue weighted by Gasteiger charge is -2.30. The lowest BCUT2D eigenvalue weighted by atomic mass is 9.83. The molecule has 0 saturated carbocycles. The summed E-state index contributed by atoms with van der Waals surface area (Å²) in [7, 11) is 0. The fraction of sp³-hybridized carbons (Fsp3) is 0.692. The van der Waals surface area contributed by atoms with Crippen molar-refractivity contribution in [2.45, 2.75) is 40.5 Å². The van der Waals surface area contributed by atoms with Crippen molar-refractivity contribution in [2.24, 2.45) is 5.41 Å². The molecule has 4 N–H and O–H groups in total. The molecule has 1 rings (SSSR count). The highest BCUT2D eigenvalue weighted by atomic mass is 16.3. The summed E-state index contributed by atoms with van der Waals surface area (Å²) in [4.78, 5) is 8.47. The fourth-order valence-corrected chi connectivity index (χ4v) is 1.87. The van der Waals surface area contributed by atoms with Crippen molar-refractivity contribution < 1.29 is 5.11 Å². The Hall–Kier alpha value is -1.36. The second kappa shape index (κ2) is 6.00. The maximum absolute atomic E-state index is 9.54. The van der Waals surface area contributed by atoms with Gasteiger partial charge in [-0.05, 0) is 26.7 Å². The van der Waals surface area contributed by atoms with Crippen molar-refractivity contribution >= 4 is 11.6 Å². The van der Waals surface area contributed by atoms with Gasteiger partial charge in [0.2, 0.25) is 0 Å². The minimum atomic E-state index is -0.0972. The van der Waals surface area contributed by atoms with Crippen molar-refractivity contribution in [3.8, 4) is 0 Å². The zero-order valence-corrected chi connectivity index (χ0v) is 11.7. The molecule has 0 aliphatic heterocycles. The molecule has 0 fully saturated rings. The molecule has 0 bridgehead atoms. The average Bonchev–Trinajstić information content (AvgIpc) is 2.37. The Morgan fingerprint density at radius 1 is 1.22 bits per heavy atom. The van der Waals surface area contributed by atoms with Gasteiger partial charge in [-0.3, -0.25) is 0 Å². The summed E-state index contributed by atoms with van der Waals surface area (Å²) < 4.78 is 0. The molecule has 0 radical (unpaired) electrons. The number of aromatic nitrogens is 2. The molecule has 0 aromatic carbocycles. The minimum Gasteiger partial charge on any atom is -0.396 e. The highest BCUT2D eigenvalue weighted by Crippen LogP contribution is 2.27. The smallest absolute Gasteiger partial charge is 0.134 e. The van der Waals surface area contributed by atoms with Crippen LogP contribution in [0.3, 0.4) is 0 Å². The van der Waals surface area contributed by atoms with Gasteiger partial charge in [0.05, 0.1) is 6.61 Å². The summed E-state index contributed by atoms with van der Waals surface area (Å²) >= 11 is 0. The number of hydrogen-bond acceptors (Lipinski definition) is 5. The van der Waals surface area contributed by atoms with Crippen LogP contribution in [0.5, 0.6) is 0 Å². The number of nitrogen functional groups attached to an aromatic ring is 1. The molecule has 0 amide bonds. The second-order valence-electron chi connectivity index (χ2n) is 4.85. The number of anilines is 2. The summed E-state index contributed by atoms with van der Waals surface area (Å²) in [6.07, 6.45) is 1.84. The van der Waals surface area contributed by atoms with Crippen LogP contribution in [0.1, 0.15) is 38.1 Å². The summed E-state index contributed by atoms with van der Waals surface area (Å²) in [5.41, 5.74) is 6.58. The number of nitrogens with zero attached hydrogens (tertiary/aromatic N) is 2. The molecule has 5 nitrogen and oxygen atoms in total. The lowest BCUT2D eigenvalue weighted by molar-refractivity contribution is 0.127. The molecule has 5 heteroatoms. The fourth-order valence-electron chi connectivity index (χ4n) is 1.87. The van der Waals surface area contributed by atoms with Gasteiger partial charge in [-0.1, -0.05) is 13.8 Å². The number of nitrogens with two attached hydrogens (primary N) is 1. The predicted octanol–water partition coefficient (Wildman–Crippen LogP) is 1.89. The number of aryl methyl sites for hydroxylation is 1. The van der Waals surface area contributed by atoms with Crippen LogP contribution in [0.2, 0.25) is 0 Å². The monoisotopic (exact) mass is 252 g/mol. The van der Waals surface area contributed by atoms with E-state index < -0.39 is 0 Å². The summed E-state index contributed by atoms with van der Waals surface area (Å²) in [5, 5.41) is 12.8. The first-order valence-corrected chi connectivity index (χ1v) is 6.43. The zero-order valence-electron chi connectivity index (χ0n) is 11.7. The maximum Gasteiger partial charge on any atom is 0.134 e. The Morgan fingerprint density at radius 2 is 1.83 bits per heavy atom. The molecule has 0 atom stereocenters. The summed E-state index contributed by atoms with van der Waals surface area (Å²) in [6, 6.07) is 0. The molecule has 0 spiro atoms. The molecule has 102 valence electrons. The number of aliphatic hydroxyl groups is 1. The average molecular weight is 252 g/mol. The van der Waals surface area contributed by atoms with Gasteiger partial charge < -0.3 is 16.2 Å². The summed E-state index contributed by atoms with van der Waals surface area (Å²) in [6.45, 7) is 8.76. The lowest BCUT2D eigenvalue weighted by Crippen LogP contribution is -2.32. The van der Waals surface area contributed by atoms with E-state index in [9.17, 15) is 5.11 Å². The third-order valence-electron chi connectivity index (χ3n) is 3.76. The number of hydrogen-bond donors (Lipinski definition) is 3. The topological polar surface area (TPSA) is 84.1 Å². The first-order valence-electron chi connectivity index (χ1n) is 6.43. The molecule has 1 aromatic heterocycles. The quantitative estimate of drug-likeness (QED) is 0.720. The SMILES string of the molecule is CCC(CC)(CO)CNc1nc(C)nc(N)c1C. The third kappa shape index (κ3) is 3.10. The van der Waals surface area contributed by atoms with Crippen LogP contribution in [0.4, 0.5) is 11.6 Å². The van der Waals surface area contributed by atoms with Crippen molar-refractivity contribution in [2.75, 3.05) is 24.2 Å². The van der Waals surface area contributed by atoms with E-state index in [-0.39, 0.29) is 12.0 Å². The van der Waals surface area contributed by atoms with Gasteiger partial charge in [0.15, 0.2) is 0 Å². The van der Waals surface area contributed by atoms with Crippen LogP contribution < -0.4 is 11.1 Å². The zero-order chi connectivity index (χ0) is 13.8. The molecule has 1 heterocycles. The third-order valence-corrected chi connectivity index (χ3v) is 3.76. The number of aliphatic hydroxyl groups excluding tert-OH is 1. The van der Waals surface area contributed by atoms with Crippen LogP contribution in [0.25, 0.3) is 0 Å². The Bertz CT molecular complexity index is 394. The van der Waals surface area contributed by atoms with Gasteiger partial charge in [0, 0.05) is 17.5 Å². The van der Waals surface area contributed by atoms with Crippen molar-refractivity contribution in [1.29, 1.82) is 0 Å². The molecular formula is C13H24N4O. The van der Waals surface area contributed by atoms with Crippen LogP contribution >= 0.6 is 0 Å². The van der Waals surface area contributed by atoms with E-state index in [0.717, 1.165) is 24.2 Å². The maximum atomic E-state index is 9.54. The number of nitrogens with one attached hydrogen (secondary N) is 1. The Morgan fingerprint density at radius 3 is 2.33 bits per heavy atom. The van der Waals surface area contributed by atoms with Gasteiger partial charge in [0.1, 0.15) is 17.5 Å². The first kappa shape index (κ1) is 14.7. The molecule has 0 aliphatic rings. The Kier molecular flexibility index (Phi) is 4.90. The standard InChI is InChI=1S/C13H24N4O/c1-5-13(6-2,8-18)7-15-12-9(3)11(14)16-10(4)17-12/h18H,5-8H2,1-4H3,(H3,14,15,16,17). The normalized spacial score (nSPS) is 11.6. The van der Waals surface area contributed by atoms with E-state index in [1.54, 1.807) is 0 Å². The highest BCUT2D eigenvalue weighted by Gasteiger charge is 2.25. The van der Waals surface area contributed by atoms with Gasteiger partial charge in [-0.15, -0.1) is 0 Å². The molecule has 1 aromatic rings.